The van der Waals surface area contributed by atoms with Crippen LogP contribution in [0.2, 0.25) is 5.02 Å². The molecule has 0 bridgehead atoms. The largest absolute Gasteiger partial charge is 0.383 e. The number of aromatic nitrogens is 4. The molecule has 2 aromatic heterocycles. The fourth-order valence-electron chi connectivity index (χ4n) is 3.56. The van der Waals surface area contributed by atoms with Crippen LogP contribution in [-0.4, -0.2) is 45.5 Å². The van der Waals surface area contributed by atoms with Crippen molar-refractivity contribution in [3.05, 3.63) is 67.1 Å². The van der Waals surface area contributed by atoms with Crippen molar-refractivity contribution in [2.24, 2.45) is 0 Å². The Labute approximate surface area is 195 Å². The number of aromatic amines is 1. The number of benzene rings is 1. The minimum absolute atomic E-state index is 0.0658. The molecule has 33 heavy (non-hydrogen) atoms. The summed E-state index contributed by atoms with van der Waals surface area (Å²) in [6.45, 7) is 6.09. The Morgan fingerprint density at radius 3 is 2.45 bits per heavy atom. The molecule has 0 saturated carbocycles. The topological polar surface area (TPSA) is 128 Å². The minimum atomic E-state index is -0.733. The standard InChI is InChI=1S/C22H27ClN6O4/c1-5-10-28-19(24)18(20(30)25-22(28)32)27(11-12-33-4)21(31)15-6-8-16(9-7-15)29-14(3)17(23)13(2)26-29/h6-9H,5,10-12,24H2,1-4H3,(H,25,30,32). The summed E-state index contributed by atoms with van der Waals surface area (Å²) in [4.78, 5) is 41.7. The molecule has 0 saturated heterocycles. The molecule has 176 valence electrons. The van der Waals surface area contributed by atoms with Crippen molar-refractivity contribution in [3.63, 3.8) is 0 Å². The number of nitrogen functional groups attached to an aromatic ring is 1. The molecule has 3 aromatic rings. The smallest absolute Gasteiger partial charge is 0.330 e. The van der Waals surface area contributed by atoms with Gasteiger partial charge in [0.1, 0.15) is 5.82 Å². The lowest BCUT2D eigenvalue weighted by molar-refractivity contribution is 0.0975. The van der Waals surface area contributed by atoms with E-state index in [0.717, 1.165) is 11.4 Å². The number of anilines is 2. The van der Waals surface area contributed by atoms with Crippen LogP contribution in [0.1, 0.15) is 35.1 Å². The van der Waals surface area contributed by atoms with Gasteiger partial charge < -0.3 is 10.5 Å². The third-order valence-corrected chi connectivity index (χ3v) is 5.80. The van der Waals surface area contributed by atoms with Gasteiger partial charge in [0.05, 0.1) is 28.7 Å². The number of rotatable bonds is 8. The maximum absolute atomic E-state index is 13.4. The Bertz CT molecular complexity index is 1280. The van der Waals surface area contributed by atoms with Crippen molar-refractivity contribution in [1.82, 2.24) is 19.3 Å². The summed E-state index contributed by atoms with van der Waals surface area (Å²) in [6, 6.07) is 6.74. The van der Waals surface area contributed by atoms with Crippen LogP contribution in [0.3, 0.4) is 0 Å². The number of carbonyl (C=O) groups is 1. The van der Waals surface area contributed by atoms with Gasteiger partial charge in [0.15, 0.2) is 5.69 Å². The number of hydrogen-bond donors (Lipinski definition) is 2. The van der Waals surface area contributed by atoms with E-state index in [4.69, 9.17) is 22.1 Å². The van der Waals surface area contributed by atoms with E-state index < -0.39 is 17.2 Å². The first-order chi connectivity index (χ1) is 15.7. The summed E-state index contributed by atoms with van der Waals surface area (Å²) in [6.07, 6.45) is 0.624. The van der Waals surface area contributed by atoms with Crippen molar-refractivity contribution in [1.29, 1.82) is 0 Å². The summed E-state index contributed by atoms with van der Waals surface area (Å²) in [5.41, 5.74) is 7.30. The van der Waals surface area contributed by atoms with Gasteiger partial charge in [-0.25, -0.2) is 9.48 Å². The molecule has 0 aliphatic heterocycles. The fourth-order valence-corrected chi connectivity index (χ4v) is 3.68. The number of aryl methyl sites for hydroxylation is 1. The number of halogens is 1. The maximum atomic E-state index is 13.4. The quantitative estimate of drug-likeness (QED) is 0.515. The Morgan fingerprint density at radius 1 is 1.24 bits per heavy atom. The van der Waals surface area contributed by atoms with Gasteiger partial charge in [-0.3, -0.25) is 24.0 Å². The summed E-state index contributed by atoms with van der Waals surface area (Å²) in [5.74, 6) is -0.521. The molecule has 2 heterocycles. The van der Waals surface area contributed by atoms with Crippen LogP contribution in [-0.2, 0) is 11.3 Å². The van der Waals surface area contributed by atoms with Crippen LogP contribution in [0.25, 0.3) is 5.69 Å². The molecule has 1 amide bonds. The van der Waals surface area contributed by atoms with Gasteiger partial charge in [0, 0.05) is 25.8 Å². The molecule has 0 aliphatic carbocycles. The summed E-state index contributed by atoms with van der Waals surface area (Å²) < 4.78 is 8.07. The second-order valence-corrected chi connectivity index (χ2v) is 7.92. The van der Waals surface area contributed by atoms with Crippen LogP contribution < -0.4 is 21.9 Å². The molecule has 0 spiro atoms. The van der Waals surface area contributed by atoms with Crippen LogP contribution in [0.5, 0.6) is 0 Å². The van der Waals surface area contributed by atoms with Crippen LogP contribution in [0.4, 0.5) is 11.5 Å². The van der Waals surface area contributed by atoms with E-state index in [-0.39, 0.29) is 24.7 Å². The first-order valence-electron chi connectivity index (χ1n) is 10.5. The van der Waals surface area contributed by atoms with Crippen molar-refractivity contribution in [3.8, 4) is 5.69 Å². The molecule has 0 atom stereocenters. The summed E-state index contributed by atoms with van der Waals surface area (Å²) >= 11 is 6.24. The van der Waals surface area contributed by atoms with Gasteiger partial charge in [0.2, 0.25) is 0 Å². The van der Waals surface area contributed by atoms with Gasteiger partial charge in [0.25, 0.3) is 11.5 Å². The van der Waals surface area contributed by atoms with E-state index in [1.165, 1.54) is 16.6 Å². The Balaban J connectivity index is 2.03. The second-order valence-electron chi connectivity index (χ2n) is 7.54. The van der Waals surface area contributed by atoms with Gasteiger partial charge in [-0.2, -0.15) is 5.10 Å². The first-order valence-corrected chi connectivity index (χ1v) is 10.8. The molecule has 11 heteroatoms. The van der Waals surface area contributed by atoms with Crippen LogP contribution in [0, 0.1) is 13.8 Å². The lowest BCUT2D eigenvalue weighted by Gasteiger charge is -2.24. The molecule has 3 rings (SSSR count). The number of amides is 1. The zero-order valence-corrected chi connectivity index (χ0v) is 19.8. The van der Waals surface area contributed by atoms with E-state index in [1.54, 1.807) is 28.9 Å². The molecule has 3 N–H and O–H groups in total. The zero-order chi connectivity index (χ0) is 24.3. The van der Waals surface area contributed by atoms with E-state index in [1.807, 2.05) is 20.8 Å². The molecule has 10 nitrogen and oxygen atoms in total. The summed E-state index contributed by atoms with van der Waals surface area (Å²) in [7, 11) is 1.49. The van der Waals surface area contributed by atoms with Crippen molar-refractivity contribution in [2.75, 3.05) is 30.9 Å². The lowest BCUT2D eigenvalue weighted by Crippen LogP contribution is -2.42. The minimum Gasteiger partial charge on any atom is -0.383 e. The molecule has 0 fully saturated rings. The molecular weight excluding hydrogens is 448 g/mol. The Hall–Kier alpha value is -3.37. The molecule has 0 radical (unpaired) electrons. The average Bonchev–Trinajstić information content (AvgIpc) is 3.05. The average molecular weight is 475 g/mol. The number of hydrogen-bond acceptors (Lipinski definition) is 6. The number of H-pyrrole nitrogens is 1. The van der Waals surface area contributed by atoms with Crippen LogP contribution in [0.15, 0.2) is 33.9 Å². The number of nitrogens with one attached hydrogen (secondary N) is 1. The highest BCUT2D eigenvalue weighted by molar-refractivity contribution is 6.31. The van der Waals surface area contributed by atoms with Crippen LogP contribution >= 0.6 is 11.6 Å². The Morgan fingerprint density at radius 2 is 1.91 bits per heavy atom. The van der Waals surface area contributed by atoms with E-state index in [0.29, 0.717) is 29.2 Å². The maximum Gasteiger partial charge on any atom is 0.330 e. The zero-order valence-electron chi connectivity index (χ0n) is 19.0. The van der Waals surface area contributed by atoms with E-state index in [9.17, 15) is 14.4 Å². The third kappa shape index (κ3) is 4.71. The van der Waals surface area contributed by atoms with Gasteiger partial charge >= 0.3 is 5.69 Å². The third-order valence-electron chi connectivity index (χ3n) is 5.26. The highest BCUT2D eigenvalue weighted by Gasteiger charge is 2.25. The SMILES string of the molecule is CCCn1c(N)c(N(CCOC)C(=O)c2ccc(-n3nc(C)c(Cl)c3C)cc2)c(=O)[nH]c1=O. The molecule has 0 unspecified atom stereocenters. The van der Waals surface area contributed by atoms with Gasteiger partial charge in [-0.05, 0) is 44.5 Å². The predicted molar refractivity (Wildman–Crippen MR) is 128 cm³/mol. The number of nitrogens with two attached hydrogens (primary N) is 1. The fraction of sp³-hybridized carbons (Fsp3) is 0.364. The predicted octanol–water partition coefficient (Wildman–Crippen LogP) is 2.28. The van der Waals surface area contributed by atoms with Crippen molar-refractivity contribution < 1.29 is 9.53 Å². The molecule has 1 aromatic carbocycles. The highest BCUT2D eigenvalue weighted by Crippen LogP contribution is 2.24. The normalized spacial score (nSPS) is 11.1. The molecular formula is C22H27ClN6O4. The highest BCUT2D eigenvalue weighted by atomic mass is 35.5. The molecule has 0 aliphatic rings. The van der Waals surface area contributed by atoms with Crippen molar-refractivity contribution >= 4 is 29.0 Å². The van der Waals surface area contributed by atoms with E-state index >= 15 is 0 Å². The monoisotopic (exact) mass is 474 g/mol. The number of nitrogens with zero attached hydrogens (tertiary/aromatic N) is 4. The summed E-state index contributed by atoms with van der Waals surface area (Å²) in [5, 5.41) is 5.00. The van der Waals surface area contributed by atoms with Gasteiger partial charge in [-0.1, -0.05) is 18.5 Å². The number of ether oxygens (including phenoxy) is 1. The number of methoxy groups -OCH3 is 1. The number of carbonyl (C=O) groups excluding carboxylic acids is 1. The van der Waals surface area contributed by atoms with Crippen molar-refractivity contribution in [2.45, 2.75) is 33.7 Å². The second kappa shape index (κ2) is 10.1. The van der Waals surface area contributed by atoms with E-state index in [2.05, 4.69) is 10.1 Å². The van der Waals surface area contributed by atoms with Gasteiger partial charge in [-0.15, -0.1) is 0 Å². The first kappa shape index (κ1) is 24.3. The Kier molecular flexibility index (Phi) is 7.39. The lowest BCUT2D eigenvalue weighted by atomic mass is 10.1.